The maximum Gasteiger partial charge on any atom is 0.317 e. The highest BCUT2D eigenvalue weighted by molar-refractivity contribution is 7.92. The van der Waals surface area contributed by atoms with Crippen molar-refractivity contribution in [1.82, 2.24) is 9.80 Å². The number of halogens is 3. The molecule has 1 N–H and O–H groups in total. The summed E-state index contributed by atoms with van der Waals surface area (Å²) in [6.07, 6.45) is 4.20. The second-order valence-corrected chi connectivity index (χ2v) is 7.54. The number of alkyl halides is 3. The van der Waals surface area contributed by atoms with Gasteiger partial charge >= 0.3 is 13.2 Å². The fourth-order valence-corrected chi connectivity index (χ4v) is 0.794. The van der Waals surface area contributed by atoms with Crippen molar-refractivity contribution in [2.24, 2.45) is 0 Å². The van der Waals surface area contributed by atoms with Crippen LogP contribution in [0.2, 0.25) is 0 Å². The summed E-state index contributed by atoms with van der Waals surface area (Å²) in [4.78, 5) is 4.41. The fraction of sp³-hybridized carbons (Fsp3) is 0.714. The molecular formula is C7H13Cl3N2O3S. The summed E-state index contributed by atoms with van der Waals surface area (Å²) >= 11 is 14.1. The fourth-order valence-electron chi connectivity index (χ4n) is 0.794. The third-order valence-corrected chi connectivity index (χ3v) is 3.98. The van der Waals surface area contributed by atoms with Crippen molar-refractivity contribution in [3.05, 3.63) is 12.4 Å². The summed E-state index contributed by atoms with van der Waals surface area (Å²) < 4.78 is 24.9. The summed E-state index contributed by atoms with van der Waals surface area (Å²) in [7, 11) is -2.47. The molecule has 0 saturated carbocycles. The number of hydrogen-bond donors (Lipinski definition) is 1. The molecule has 0 aromatic heterocycles. The molecule has 16 heavy (non-hydrogen) atoms. The van der Waals surface area contributed by atoms with Crippen LogP contribution in [-0.4, -0.2) is 46.2 Å². The van der Waals surface area contributed by atoms with Crippen molar-refractivity contribution in [1.29, 1.82) is 0 Å². The van der Waals surface area contributed by atoms with Crippen LogP contribution in [0.5, 0.6) is 0 Å². The van der Waals surface area contributed by atoms with Crippen LogP contribution in [0.25, 0.3) is 0 Å². The Labute approximate surface area is 110 Å². The van der Waals surface area contributed by atoms with Crippen LogP contribution in [0.1, 0.15) is 6.92 Å². The van der Waals surface area contributed by atoms with Gasteiger partial charge in [-0.1, -0.05) is 34.8 Å². The monoisotopic (exact) mass is 310 g/mol. The molecule has 0 bridgehead atoms. The molecule has 5 nitrogen and oxygen atoms in total. The van der Waals surface area contributed by atoms with Gasteiger partial charge in [-0.05, 0) is 6.92 Å². The van der Waals surface area contributed by atoms with Gasteiger partial charge in [0.2, 0.25) is 0 Å². The predicted octanol–water partition coefficient (Wildman–Crippen LogP) is 1.88. The smallest absolute Gasteiger partial charge is 0.317 e. The maximum absolute atomic E-state index is 9.81. The average molecular weight is 312 g/mol. The van der Waals surface area contributed by atoms with Crippen molar-refractivity contribution in [3.8, 4) is 0 Å². The van der Waals surface area contributed by atoms with Gasteiger partial charge in [0.25, 0.3) is 0 Å². The molecule has 0 saturated heterocycles. The average Bonchev–Trinajstić information content (AvgIpc) is 2.48. The normalized spacial score (nSPS) is 16.1. The van der Waals surface area contributed by atoms with E-state index in [9.17, 15) is 8.42 Å². The quantitative estimate of drug-likeness (QED) is 0.592. The highest BCUT2D eigenvalue weighted by Crippen LogP contribution is 2.31. The zero-order valence-electron chi connectivity index (χ0n) is 8.77. The highest BCUT2D eigenvalue weighted by Gasteiger charge is 2.35. The minimum Gasteiger partial charge on any atom is -0.362 e. The van der Waals surface area contributed by atoms with Crippen LogP contribution in [0.4, 0.5) is 0 Å². The van der Waals surface area contributed by atoms with Crippen molar-refractivity contribution in [3.63, 3.8) is 0 Å². The van der Waals surface area contributed by atoms with Gasteiger partial charge in [0.05, 0.1) is 6.67 Å². The van der Waals surface area contributed by atoms with E-state index in [4.69, 9.17) is 39.4 Å². The van der Waals surface area contributed by atoms with E-state index in [0.29, 0.717) is 0 Å². The maximum atomic E-state index is 9.81. The Hall–Kier alpha value is 0.120. The van der Waals surface area contributed by atoms with E-state index in [1.165, 1.54) is 0 Å². The van der Waals surface area contributed by atoms with Crippen molar-refractivity contribution < 1.29 is 13.0 Å². The molecule has 0 radical (unpaired) electrons. The van der Waals surface area contributed by atoms with Gasteiger partial charge in [-0.2, -0.15) is 8.42 Å². The summed E-state index contributed by atoms with van der Waals surface area (Å²) in [5.41, 5.74) is 0. The first kappa shape index (κ1) is 16.1. The summed E-state index contributed by atoms with van der Waals surface area (Å²) in [6, 6.07) is 0. The number of rotatable bonds is 1. The van der Waals surface area contributed by atoms with E-state index in [1.807, 2.05) is 0 Å². The number of nitrogens with zero attached hydrogens (tertiary/aromatic N) is 2. The molecular weight excluding hydrogens is 299 g/mol. The lowest BCUT2D eigenvalue weighted by Crippen LogP contribution is -2.21. The standard InChI is InChI=1S/C6H12N2.CHCl3O3S/c1-3-8-5-4-7(2)6-8;2-1(3,4)8(5,6)7/h4-5H,3,6H2,1-2H3;(H,5,6,7). The third-order valence-electron chi connectivity index (χ3n) is 1.64. The minimum absolute atomic E-state index is 1.05. The lowest BCUT2D eigenvalue weighted by Gasteiger charge is -2.14. The Morgan fingerprint density at radius 1 is 1.38 bits per heavy atom. The molecule has 0 spiro atoms. The molecule has 0 amide bonds. The van der Waals surface area contributed by atoms with Crippen LogP contribution < -0.4 is 0 Å². The first-order valence-electron chi connectivity index (χ1n) is 4.24. The lowest BCUT2D eigenvalue weighted by molar-refractivity contribution is 0.308. The van der Waals surface area contributed by atoms with Crippen molar-refractivity contribution in [2.45, 2.75) is 10.0 Å². The van der Waals surface area contributed by atoms with E-state index < -0.39 is 13.2 Å². The second-order valence-electron chi connectivity index (χ2n) is 3.02. The van der Waals surface area contributed by atoms with Crippen LogP contribution >= 0.6 is 34.8 Å². The molecule has 96 valence electrons. The Morgan fingerprint density at radius 3 is 1.94 bits per heavy atom. The molecule has 0 fully saturated rings. The van der Waals surface area contributed by atoms with Gasteiger partial charge in [0.1, 0.15) is 0 Å². The third kappa shape index (κ3) is 6.00. The molecule has 1 heterocycles. The van der Waals surface area contributed by atoms with E-state index in [2.05, 4.69) is 36.2 Å². The Morgan fingerprint density at radius 2 is 1.81 bits per heavy atom. The molecule has 0 aliphatic carbocycles. The summed E-state index contributed by atoms with van der Waals surface area (Å²) in [5.74, 6) is 0. The Bertz CT molecular complexity index is 339. The predicted molar refractivity (Wildman–Crippen MR) is 66.0 cm³/mol. The zero-order valence-corrected chi connectivity index (χ0v) is 11.9. The molecule has 1 rings (SSSR count). The number of hydrogen-bond acceptors (Lipinski definition) is 4. The SMILES string of the molecule is CCN1C=CN(C)C1.O=S(=O)(O)C(Cl)(Cl)Cl. The van der Waals surface area contributed by atoms with Gasteiger partial charge in [0, 0.05) is 26.0 Å². The van der Waals surface area contributed by atoms with Crippen LogP contribution in [0.15, 0.2) is 12.4 Å². The van der Waals surface area contributed by atoms with Crippen LogP contribution in [0, 0.1) is 0 Å². The molecule has 0 aromatic rings. The molecule has 0 aromatic carbocycles. The van der Waals surface area contributed by atoms with Gasteiger partial charge in [0.15, 0.2) is 0 Å². The highest BCUT2D eigenvalue weighted by atomic mass is 35.6. The molecule has 9 heteroatoms. The van der Waals surface area contributed by atoms with Gasteiger partial charge in [-0.15, -0.1) is 0 Å². The topological polar surface area (TPSA) is 60.9 Å². The largest absolute Gasteiger partial charge is 0.362 e. The van der Waals surface area contributed by atoms with Crippen molar-refractivity contribution >= 4 is 44.9 Å². The zero-order chi connectivity index (χ0) is 13.0. The molecule has 0 atom stereocenters. The Kier molecular flexibility index (Phi) is 6.21. The molecule has 1 aliphatic rings. The first-order chi connectivity index (χ1) is 7.08. The minimum atomic E-state index is -4.54. The molecule has 0 unspecified atom stereocenters. The van der Waals surface area contributed by atoms with E-state index in [-0.39, 0.29) is 0 Å². The second kappa shape index (κ2) is 6.16. The van der Waals surface area contributed by atoms with Crippen LogP contribution in [-0.2, 0) is 10.1 Å². The van der Waals surface area contributed by atoms with Gasteiger partial charge in [-0.3, -0.25) is 4.55 Å². The summed E-state index contributed by atoms with van der Waals surface area (Å²) in [5, 5.41) is 0. The van der Waals surface area contributed by atoms with Gasteiger partial charge in [-0.25, -0.2) is 0 Å². The van der Waals surface area contributed by atoms with E-state index >= 15 is 0 Å². The van der Waals surface area contributed by atoms with Crippen molar-refractivity contribution in [2.75, 3.05) is 20.3 Å². The van der Waals surface area contributed by atoms with Gasteiger partial charge < -0.3 is 9.80 Å². The molecule has 1 aliphatic heterocycles. The first-order valence-corrected chi connectivity index (χ1v) is 6.81. The van der Waals surface area contributed by atoms with E-state index in [1.54, 1.807) is 0 Å². The Balaban J connectivity index is 0.000000281. The van der Waals surface area contributed by atoms with E-state index in [0.717, 1.165) is 13.2 Å². The summed E-state index contributed by atoms with van der Waals surface area (Å²) in [6.45, 7) is 4.32. The lowest BCUT2D eigenvalue weighted by atomic mass is 10.6. The van der Waals surface area contributed by atoms with Crippen LogP contribution in [0.3, 0.4) is 0 Å².